The third kappa shape index (κ3) is 7.55. The van der Waals surface area contributed by atoms with Crippen LogP contribution in [-0.2, 0) is 6.42 Å². The Morgan fingerprint density at radius 2 is 1.64 bits per heavy atom. The topological polar surface area (TPSA) is 74.8 Å². The lowest BCUT2D eigenvalue weighted by Crippen LogP contribution is -2.42. The molecular formula is C20H26ClIN4O2. The summed E-state index contributed by atoms with van der Waals surface area (Å²) >= 11 is 6.02. The molecule has 2 aromatic carbocycles. The molecule has 0 saturated carbocycles. The Balaban J connectivity index is 0.00000392. The van der Waals surface area contributed by atoms with E-state index < -0.39 is 0 Å². The molecule has 0 bridgehead atoms. The van der Waals surface area contributed by atoms with Crippen molar-refractivity contribution in [1.29, 1.82) is 0 Å². The van der Waals surface area contributed by atoms with Gasteiger partial charge in [-0.2, -0.15) is 0 Å². The minimum Gasteiger partial charge on any atom is -0.496 e. The lowest BCUT2D eigenvalue weighted by atomic mass is 10.1. The average Bonchev–Trinajstić information content (AvgIpc) is 2.70. The number of nitrogens with one attached hydrogen (secondary N) is 3. The molecule has 0 aromatic heterocycles. The van der Waals surface area contributed by atoms with Gasteiger partial charge in [-0.3, -0.25) is 9.79 Å². The number of hydrogen-bond acceptors (Lipinski definition) is 3. The standard InChI is InChI=1S/C20H25ClN4O2.HI/c1-22-20(24-12-11-15-7-3-6-10-18(15)27-2)25-14-13-23-19(26)16-8-4-5-9-17(16)21;/h3-10H,11-14H2,1-2H3,(H,23,26)(H2,22,24,25);1H. The molecule has 0 spiro atoms. The molecule has 152 valence electrons. The van der Waals surface area contributed by atoms with E-state index in [4.69, 9.17) is 16.3 Å². The van der Waals surface area contributed by atoms with Gasteiger partial charge in [-0.25, -0.2) is 0 Å². The highest BCUT2D eigenvalue weighted by molar-refractivity contribution is 14.0. The summed E-state index contributed by atoms with van der Waals surface area (Å²) in [6, 6.07) is 14.9. The fraction of sp³-hybridized carbons (Fsp3) is 0.300. The van der Waals surface area contributed by atoms with Crippen molar-refractivity contribution in [3.8, 4) is 5.75 Å². The maximum absolute atomic E-state index is 12.1. The Bertz CT molecular complexity index is 786. The smallest absolute Gasteiger partial charge is 0.252 e. The lowest BCUT2D eigenvalue weighted by Gasteiger charge is -2.13. The van der Waals surface area contributed by atoms with E-state index >= 15 is 0 Å². The summed E-state index contributed by atoms with van der Waals surface area (Å²) in [5.74, 6) is 1.36. The largest absolute Gasteiger partial charge is 0.496 e. The highest BCUT2D eigenvalue weighted by atomic mass is 127. The first kappa shape index (κ1) is 24.0. The van der Waals surface area contributed by atoms with Gasteiger partial charge < -0.3 is 20.7 Å². The van der Waals surface area contributed by atoms with Crippen molar-refractivity contribution in [2.45, 2.75) is 6.42 Å². The molecule has 8 heteroatoms. The van der Waals surface area contributed by atoms with E-state index in [1.807, 2.05) is 24.3 Å². The first-order valence-corrected chi connectivity index (χ1v) is 9.12. The summed E-state index contributed by atoms with van der Waals surface area (Å²) in [5, 5.41) is 9.69. The molecule has 2 rings (SSSR count). The van der Waals surface area contributed by atoms with Crippen molar-refractivity contribution in [3.05, 3.63) is 64.7 Å². The number of carbonyl (C=O) groups is 1. The third-order valence-corrected chi connectivity index (χ3v) is 4.25. The van der Waals surface area contributed by atoms with Crippen LogP contribution in [0.2, 0.25) is 5.02 Å². The third-order valence-electron chi connectivity index (χ3n) is 3.92. The minimum atomic E-state index is -0.193. The number of rotatable bonds is 8. The maximum atomic E-state index is 12.1. The first-order chi connectivity index (χ1) is 13.2. The molecule has 28 heavy (non-hydrogen) atoms. The van der Waals surface area contributed by atoms with Crippen molar-refractivity contribution >= 4 is 47.4 Å². The van der Waals surface area contributed by atoms with Gasteiger partial charge in [-0.1, -0.05) is 41.9 Å². The van der Waals surface area contributed by atoms with E-state index in [1.165, 1.54) is 0 Å². The van der Waals surface area contributed by atoms with Crippen LogP contribution in [0.3, 0.4) is 0 Å². The van der Waals surface area contributed by atoms with Crippen LogP contribution in [0.15, 0.2) is 53.5 Å². The zero-order chi connectivity index (χ0) is 19.5. The SMILES string of the molecule is CN=C(NCCNC(=O)c1ccccc1Cl)NCCc1ccccc1OC.I. The second kappa shape index (κ2) is 13.2. The van der Waals surface area contributed by atoms with Crippen molar-refractivity contribution in [1.82, 2.24) is 16.0 Å². The highest BCUT2D eigenvalue weighted by Gasteiger charge is 2.08. The zero-order valence-corrected chi connectivity index (χ0v) is 19.1. The molecule has 2 aromatic rings. The van der Waals surface area contributed by atoms with Gasteiger partial charge in [0.05, 0.1) is 17.7 Å². The molecule has 0 saturated heterocycles. The molecule has 6 nitrogen and oxygen atoms in total. The Morgan fingerprint density at radius 1 is 1.00 bits per heavy atom. The van der Waals surface area contributed by atoms with Crippen LogP contribution in [0.4, 0.5) is 0 Å². The number of guanidine groups is 1. The molecule has 1 amide bonds. The number of carbonyl (C=O) groups excluding carboxylic acids is 1. The van der Waals surface area contributed by atoms with Gasteiger partial charge in [-0.15, -0.1) is 24.0 Å². The van der Waals surface area contributed by atoms with Gasteiger partial charge in [0.2, 0.25) is 0 Å². The predicted octanol–water partition coefficient (Wildman–Crippen LogP) is 3.10. The molecule has 0 aliphatic rings. The van der Waals surface area contributed by atoms with E-state index in [-0.39, 0.29) is 29.9 Å². The summed E-state index contributed by atoms with van der Waals surface area (Å²) in [7, 11) is 3.38. The number of benzene rings is 2. The van der Waals surface area contributed by atoms with Crippen molar-refractivity contribution < 1.29 is 9.53 Å². The average molecular weight is 517 g/mol. The van der Waals surface area contributed by atoms with Crippen LogP contribution in [0.5, 0.6) is 5.75 Å². The van der Waals surface area contributed by atoms with Crippen LogP contribution in [0.1, 0.15) is 15.9 Å². The Kier molecular flexibility index (Phi) is 11.4. The molecular weight excluding hydrogens is 491 g/mol. The molecule has 0 heterocycles. The molecule has 0 atom stereocenters. The Labute approximate surface area is 188 Å². The molecule has 0 unspecified atom stereocenters. The van der Waals surface area contributed by atoms with Crippen molar-refractivity contribution in [2.75, 3.05) is 33.8 Å². The fourth-order valence-electron chi connectivity index (χ4n) is 2.54. The number of para-hydroxylation sites is 1. The second-order valence-electron chi connectivity index (χ2n) is 5.72. The van der Waals surface area contributed by atoms with Crippen LogP contribution >= 0.6 is 35.6 Å². The number of nitrogens with zero attached hydrogens (tertiary/aromatic N) is 1. The number of halogens is 2. The Hall–Kier alpha value is -2.00. The highest BCUT2D eigenvalue weighted by Crippen LogP contribution is 2.17. The van der Waals surface area contributed by atoms with Gasteiger partial charge in [0.25, 0.3) is 5.91 Å². The molecule has 0 radical (unpaired) electrons. The van der Waals surface area contributed by atoms with Gasteiger partial charge >= 0.3 is 0 Å². The van der Waals surface area contributed by atoms with Crippen LogP contribution in [-0.4, -0.2) is 45.7 Å². The predicted molar refractivity (Wildman–Crippen MR) is 125 cm³/mol. The second-order valence-corrected chi connectivity index (χ2v) is 6.13. The normalized spacial score (nSPS) is 10.6. The maximum Gasteiger partial charge on any atom is 0.252 e. The summed E-state index contributed by atoms with van der Waals surface area (Å²) in [4.78, 5) is 16.3. The lowest BCUT2D eigenvalue weighted by molar-refractivity contribution is 0.0954. The minimum absolute atomic E-state index is 0. The van der Waals surface area contributed by atoms with Crippen LogP contribution < -0.4 is 20.7 Å². The quantitative estimate of drug-likeness (QED) is 0.218. The van der Waals surface area contributed by atoms with Crippen LogP contribution in [0.25, 0.3) is 0 Å². The van der Waals surface area contributed by atoms with E-state index in [0.29, 0.717) is 36.2 Å². The number of methoxy groups -OCH3 is 1. The van der Waals surface area contributed by atoms with Crippen molar-refractivity contribution in [3.63, 3.8) is 0 Å². The molecule has 0 aliphatic heterocycles. The van der Waals surface area contributed by atoms with Gasteiger partial charge in [0, 0.05) is 26.7 Å². The monoisotopic (exact) mass is 516 g/mol. The van der Waals surface area contributed by atoms with E-state index in [9.17, 15) is 4.79 Å². The number of ether oxygens (including phenoxy) is 1. The van der Waals surface area contributed by atoms with E-state index in [2.05, 4.69) is 20.9 Å². The number of amides is 1. The summed E-state index contributed by atoms with van der Waals surface area (Å²) in [6.07, 6.45) is 0.813. The molecule has 0 fully saturated rings. The van der Waals surface area contributed by atoms with Crippen molar-refractivity contribution in [2.24, 2.45) is 4.99 Å². The fourth-order valence-corrected chi connectivity index (χ4v) is 2.76. The number of aliphatic imine (C=N–C) groups is 1. The van der Waals surface area contributed by atoms with Gasteiger partial charge in [0.1, 0.15) is 5.75 Å². The number of hydrogen-bond donors (Lipinski definition) is 3. The van der Waals surface area contributed by atoms with Crippen LogP contribution in [0, 0.1) is 0 Å². The zero-order valence-electron chi connectivity index (χ0n) is 16.0. The van der Waals surface area contributed by atoms with Gasteiger partial charge in [-0.05, 0) is 30.2 Å². The summed E-state index contributed by atoms with van der Waals surface area (Å²) < 4.78 is 5.35. The Morgan fingerprint density at radius 3 is 2.36 bits per heavy atom. The summed E-state index contributed by atoms with van der Waals surface area (Å²) in [6.45, 7) is 1.72. The summed E-state index contributed by atoms with van der Waals surface area (Å²) in [5.41, 5.74) is 1.61. The molecule has 0 aliphatic carbocycles. The first-order valence-electron chi connectivity index (χ1n) is 8.75. The van der Waals surface area contributed by atoms with Gasteiger partial charge in [0.15, 0.2) is 5.96 Å². The van der Waals surface area contributed by atoms with E-state index in [1.54, 1.807) is 38.4 Å². The van der Waals surface area contributed by atoms with E-state index in [0.717, 1.165) is 17.7 Å². The molecule has 3 N–H and O–H groups in total.